The van der Waals surface area contributed by atoms with Gasteiger partial charge in [0, 0.05) is 18.2 Å². The van der Waals surface area contributed by atoms with E-state index < -0.39 is 27.1 Å². The fourth-order valence-corrected chi connectivity index (χ4v) is 3.31. The topological polar surface area (TPSA) is 110 Å². The minimum absolute atomic E-state index is 0.102. The molecule has 0 fully saturated rings. The van der Waals surface area contributed by atoms with Crippen LogP contribution in [0.3, 0.4) is 0 Å². The van der Waals surface area contributed by atoms with Gasteiger partial charge in [0.1, 0.15) is 0 Å². The summed E-state index contributed by atoms with van der Waals surface area (Å²) in [6.45, 7) is 1.54. The molecule has 0 bridgehead atoms. The van der Waals surface area contributed by atoms with Crippen LogP contribution < -0.4 is 4.72 Å². The van der Waals surface area contributed by atoms with Gasteiger partial charge in [-0.3, -0.25) is 10.1 Å². The summed E-state index contributed by atoms with van der Waals surface area (Å²) in [5.41, 5.74) is 0.396. The Hall–Kier alpha value is -2.29. The van der Waals surface area contributed by atoms with Crippen molar-refractivity contribution in [2.24, 2.45) is 0 Å². The molecule has 0 saturated carbocycles. The maximum absolute atomic E-state index is 12.3. The molecule has 8 heteroatoms. The Bertz CT molecular complexity index is 775. The highest BCUT2D eigenvalue weighted by Crippen LogP contribution is 2.20. The van der Waals surface area contributed by atoms with Crippen LogP contribution in [0.15, 0.2) is 59.5 Å². The lowest BCUT2D eigenvalue weighted by atomic mass is 10.0. The fourth-order valence-electron chi connectivity index (χ4n) is 2.06. The molecule has 0 aliphatic heterocycles. The zero-order valence-corrected chi connectivity index (χ0v) is 13.1. The molecule has 0 amide bonds. The molecular weight excluding hydrogens is 320 g/mol. The molecule has 0 aliphatic carbocycles. The van der Waals surface area contributed by atoms with Gasteiger partial charge in [0.2, 0.25) is 10.0 Å². The summed E-state index contributed by atoms with van der Waals surface area (Å²) in [5, 5.41) is 20.8. The van der Waals surface area contributed by atoms with Gasteiger partial charge in [-0.05, 0) is 24.6 Å². The van der Waals surface area contributed by atoms with Crippen LogP contribution in [0.1, 0.15) is 18.6 Å². The lowest BCUT2D eigenvalue weighted by molar-refractivity contribution is -0.384. The van der Waals surface area contributed by atoms with E-state index >= 15 is 0 Å². The molecule has 0 heterocycles. The van der Waals surface area contributed by atoms with Crippen molar-refractivity contribution in [1.82, 2.24) is 4.72 Å². The van der Waals surface area contributed by atoms with Crippen molar-refractivity contribution in [2.75, 3.05) is 0 Å². The first kappa shape index (κ1) is 17.1. The van der Waals surface area contributed by atoms with Crippen LogP contribution in [-0.4, -0.2) is 24.5 Å². The van der Waals surface area contributed by atoms with Gasteiger partial charge in [-0.1, -0.05) is 30.3 Å². The molecule has 0 spiro atoms. The van der Waals surface area contributed by atoms with E-state index in [1.165, 1.54) is 0 Å². The van der Waals surface area contributed by atoms with Gasteiger partial charge in [0.05, 0.1) is 15.9 Å². The Kier molecular flexibility index (Phi) is 5.09. The van der Waals surface area contributed by atoms with E-state index in [1.54, 1.807) is 37.3 Å². The van der Waals surface area contributed by atoms with E-state index in [9.17, 15) is 23.6 Å². The van der Waals surface area contributed by atoms with E-state index in [-0.39, 0.29) is 10.6 Å². The molecule has 2 aromatic carbocycles. The molecule has 2 N–H and O–H groups in total. The molecular formula is C15H16N2O5S. The predicted molar refractivity (Wildman–Crippen MR) is 84.3 cm³/mol. The summed E-state index contributed by atoms with van der Waals surface area (Å²) in [4.78, 5) is 9.89. The summed E-state index contributed by atoms with van der Waals surface area (Å²) in [7, 11) is -3.89. The molecule has 2 atom stereocenters. The lowest BCUT2D eigenvalue weighted by Crippen LogP contribution is -2.37. The van der Waals surface area contributed by atoms with Gasteiger partial charge in [0.15, 0.2) is 0 Å². The van der Waals surface area contributed by atoms with E-state index in [0.717, 1.165) is 24.3 Å². The van der Waals surface area contributed by atoms with Crippen molar-refractivity contribution in [3.8, 4) is 0 Å². The van der Waals surface area contributed by atoms with E-state index in [2.05, 4.69) is 4.72 Å². The summed E-state index contributed by atoms with van der Waals surface area (Å²) in [5.74, 6) is 0. The Morgan fingerprint density at radius 3 is 2.17 bits per heavy atom. The van der Waals surface area contributed by atoms with Gasteiger partial charge >= 0.3 is 0 Å². The van der Waals surface area contributed by atoms with E-state index in [0.29, 0.717) is 5.56 Å². The predicted octanol–water partition coefficient (Wildman–Crippen LogP) is 2.00. The van der Waals surface area contributed by atoms with Crippen molar-refractivity contribution in [3.05, 3.63) is 70.3 Å². The van der Waals surface area contributed by atoms with Crippen LogP contribution in [0.2, 0.25) is 0 Å². The van der Waals surface area contributed by atoms with Crippen LogP contribution in [0.25, 0.3) is 0 Å². The Labute approximate surface area is 133 Å². The molecule has 2 rings (SSSR count). The summed E-state index contributed by atoms with van der Waals surface area (Å²) >= 11 is 0. The van der Waals surface area contributed by atoms with Gasteiger partial charge in [-0.25, -0.2) is 13.1 Å². The molecule has 7 nitrogen and oxygen atoms in total. The minimum Gasteiger partial charge on any atom is -0.387 e. The van der Waals surface area contributed by atoms with Crippen LogP contribution in [0, 0.1) is 10.1 Å². The van der Waals surface area contributed by atoms with Crippen molar-refractivity contribution in [3.63, 3.8) is 0 Å². The zero-order chi connectivity index (χ0) is 17.0. The Morgan fingerprint density at radius 2 is 1.65 bits per heavy atom. The maximum atomic E-state index is 12.3. The number of aliphatic hydroxyl groups is 1. The molecule has 122 valence electrons. The third-order valence-electron chi connectivity index (χ3n) is 3.31. The smallest absolute Gasteiger partial charge is 0.269 e. The summed E-state index contributed by atoms with van der Waals surface area (Å²) in [6.07, 6.45) is -1.01. The number of non-ortho nitro benzene ring substituents is 1. The number of hydrogen-bond acceptors (Lipinski definition) is 5. The van der Waals surface area contributed by atoms with Gasteiger partial charge < -0.3 is 5.11 Å². The third kappa shape index (κ3) is 4.13. The number of rotatable bonds is 6. The van der Waals surface area contributed by atoms with Crippen LogP contribution in [0.5, 0.6) is 0 Å². The van der Waals surface area contributed by atoms with Crippen molar-refractivity contribution in [1.29, 1.82) is 0 Å². The Balaban J connectivity index is 2.15. The highest BCUT2D eigenvalue weighted by atomic mass is 32.2. The summed E-state index contributed by atoms with van der Waals surface area (Å²) in [6, 6.07) is 12.5. The molecule has 0 unspecified atom stereocenters. The van der Waals surface area contributed by atoms with Crippen LogP contribution >= 0.6 is 0 Å². The average molecular weight is 336 g/mol. The van der Waals surface area contributed by atoms with E-state index in [1.807, 2.05) is 0 Å². The fraction of sp³-hybridized carbons (Fsp3) is 0.200. The van der Waals surface area contributed by atoms with Gasteiger partial charge in [0.25, 0.3) is 5.69 Å². The number of sulfonamides is 1. The van der Waals surface area contributed by atoms with Crippen molar-refractivity contribution < 1.29 is 18.4 Å². The monoisotopic (exact) mass is 336 g/mol. The lowest BCUT2D eigenvalue weighted by Gasteiger charge is -2.20. The number of aliphatic hydroxyl groups excluding tert-OH is 1. The average Bonchev–Trinajstić information content (AvgIpc) is 2.54. The van der Waals surface area contributed by atoms with Crippen LogP contribution in [0.4, 0.5) is 5.69 Å². The minimum atomic E-state index is -3.89. The Morgan fingerprint density at radius 1 is 1.09 bits per heavy atom. The number of nitrogens with zero attached hydrogens (tertiary/aromatic N) is 1. The SMILES string of the molecule is C[C@@H](NS(=O)(=O)c1ccc([N+](=O)[O-])cc1)[C@H](O)c1ccccc1. The van der Waals surface area contributed by atoms with E-state index in [4.69, 9.17) is 0 Å². The number of hydrogen-bond donors (Lipinski definition) is 2. The van der Waals surface area contributed by atoms with Gasteiger partial charge in [-0.15, -0.1) is 0 Å². The molecule has 2 aromatic rings. The number of nitro groups is 1. The van der Waals surface area contributed by atoms with Crippen molar-refractivity contribution in [2.45, 2.75) is 24.0 Å². The normalized spacial score (nSPS) is 14.2. The maximum Gasteiger partial charge on any atom is 0.269 e. The highest BCUT2D eigenvalue weighted by molar-refractivity contribution is 7.89. The number of nitrogens with one attached hydrogen (secondary N) is 1. The molecule has 23 heavy (non-hydrogen) atoms. The second-order valence-electron chi connectivity index (χ2n) is 5.02. The largest absolute Gasteiger partial charge is 0.387 e. The van der Waals surface area contributed by atoms with Crippen LogP contribution in [-0.2, 0) is 10.0 Å². The van der Waals surface area contributed by atoms with Crippen molar-refractivity contribution >= 4 is 15.7 Å². The molecule has 0 radical (unpaired) electrons. The standard InChI is InChI=1S/C15H16N2O5S/c1-11(15(18)12-5-3-2-4-6-12)16-23(21,22)14-9-7-13(8-10-14)17(19)20/h2-11,15-16,18H,1H3/t11-,15+/m1/s1. The molecule has 0 aliphatic rings. The highest BCUT2D eigenvalue weighted by Gasteiger charge is 2.23. The van der Waals surface area contributed by atoms with Gasteiger partial charge in [-0.2, -0.15) is 0 Å². The molecule has 0 aromatic heterocycles. The first-order valence-electron chi connectivity index (χ1n) is 6.81. The summed E-state index contributed by atoms with van der Waals surface area (Å²) < 4.78 is 26.9. The number of nitro benzene ring substituents is 1. The first-order chi connectivity index (χ1) is 10.8. The third-order valence-corrected chi connectivity index (χ3v) is 4.89. The second-order valence-corrected chi connectivity index (χ2v) is 6.73. The zero-order valence-electron chi connectivity index (χ0n) is 12.3. The quantitative estimate of drug-likeness (QED) is 0.619. The first-order valence-corrected chi connectivity index (χ1v) is 8.29. The molecule has 0 saturated heterocycles. The second kappa shape index (κ2) is 6.86. The number of benzene rings is 2.